The first-order valence-corrected chi connectivity index (χ1v) is 20.2. The van der Waals surface area contributed by atoms with Crippen molar-refractivity contribution < 1.29 is 15.0 Å². The minimum Gasteiger partial charge on any atom is -0.394 e. The third kappa shape index (κ3) is 32.8. The van der Waals surface area contributed by atoms with Gasteiger partial charge in [0.2, 0.25) is 5.91 Å². The van der Waals surface area contributed by atoms with Gasteiger partial charge in [-0.05, 0) is 12.8 Å². The predicted octanol–water partition coefficient (Wildman–Crippen LogP) is 12.1. The molecule has 0 aromatic heterocycles. The zero-order valence-corrected chi connectivity index (χ0v) is 30.2. The molecule has 0 fully saturated rings. The van der Waals surface area contributed by atoms with E-state index in [9.17, 15) is 15.0 Å². The highest BCUT2D eigenvalue weighted by molar-refractivity contribution is 5.76. The van der Waals surface area contributed by atoms with Crippen LogP contribution in [0.15, 0.2) is 0 Å². The maximum absolute atomic E-state index is 12.3. The molecule has 0 aliphatic carbocycles. The van der Waals surface area contributed by atoms with Crippen LogP contribution < -0.4 is 5.32 Å². The standard InChI is InChI=1S/C40H81NO3/c1-3-5-7-9-11-13-15-16-17-18-19-20-21-22-23-24-25-26-28-30-32-34-36-40(44)41-38(37-42)39(43)35-33-31-29-27-14-12-10-8-6-4-2/h38-39,42-43H,3-37H2,1-2H3,(H,41,44). The first kappa shape index (κ1) is 43.4. The highest BCUT2D eigenvalue weighted by Gasteiger charge is 2.19. The Labute approximate surface area is 276 Å². The Kier molecular flexibility index (Phi) is 36.3. The van der Waals surface area contributed by atoms with Gasteiger partial charge in [-0.2, -0.15) is 0 Å². The van der Waals surface area contributed by atoms with Crippen molar-refractivity contribution in [3.05, 3.63) is 0 Å². The SMILES string of the molecule is CCCCCCCCCCCCCCCCCCCCCCCCC(=O)NC(CO)C(O)CCCCCCCCCCCC. The molecule has 2 atom stereocenters. The van der Waals surface area contributed by atoms with Crippen molar-refractivity contribution in [2.75, 3.05) is 6.61 Å². The molecule has 0 aromatic carbocycles. The lowest BCUT2D eigenvalue weighted by molar-refractivity contribution is -0.123. The summed E-state index contributed by atoms with van der Waals surface area (Å²) in [5.41, 5.74) is 0. The van der Waals surface area contributed by atoms with E-state index in [-0.39, 0.29) is 12.5 Å². The maximum atomic E-state index is 12.3. The summed E-state index contributed by atoms with van der Waals surface area (Å²) in [6.45, 7) is 4.36. The molecule has 0 heterocycles. The molecule has 0 aliphatic rings. The average molecular weight is 624 g/mol. The van der Waals surface area contributed by atoms with Crippen LogP contribution in [0, 0.1) is 0 Å². The van der Waals surface area contributed by atoms with Gasteiger partial charge in [-0.25, -0.2) is 0 Å². The van der Waals surface area contributed by atoms with Crippen molar-refractivity contribution in [1.82, 2.24) is 5.32 Å². The lowest BCUT2D eigenvalue weighted by atomic mass is 10.0. The lowest BCUT2D eigenvalue weighted by Gasteiger charge is -2.22. The number of nitrogens with one attached hydrogen (secondary N) is 1. The topological polar surface area (TPSA) is 69.6 Å². The molecular formula is C40H81NO3. The predicted molar refractivity (Wildman–Crippen MR) is 193 cm³/mol. The highest BCUT2D eigenvalue weighted by Crippen LogP contribution is 2.16. The Balaban J connectivity index is 3.43. The summed E-state index contributed by atoms with van der Waals surface area (Å²) >= 11 is 0. The summed E-state index contributed by atoms with van der Waals surface area (Å²) in [5, 5.41) is 23.0. The Morgan fingerprint density at radius 3 is 1.02 bits per heavy atom. The van der Waals surface area contributed by atoms with Gasteiger partial charge in [0, 0.05) is 6.42 Å². The molecule has 4 heteroatoms. The van der Waals surface area contributed by atoms with Crippen molar-refractivity contribution in [3.8, 4) is 0 Å². The summed E-state index contributed by atoms with van der Waals surface area (Å²) in [7, 11) is 0. The second kappa shape index (κ2) is 36.9. The summed E-state index contributed by atoms with van der Waals surface area (Å²) in [6, 6.07) is -0.527. The van der Waals surface area contributed by atoms with Gasteiger partial charge in [0.25, 0.3) is 0 Å². The summed E-state index contributed by atoms with van der Waals surface area (Å²) < 4.78 is 0. The Bertz CT molecular complexity index is 555. The van der Waals surface area contributed by atoms with Gasteiger partial charge in [0.1, 0.15) is 0 Å². The number of hydrogen-bond acceptors (Lipinski definition) is 3. The molecule has 0 radical (unpaired) electrons. The molecule has 0 saturated carbocycles. The monoisotopic (exact) mass is 624 g/mol. The van der Waals surface area contributed by atoms with E-state index < -0.39 is 12.1 Å². The number of rotatable bonds is 37. The highest BCUT2D eigenvalue weighted by atomic mass is 16.3. The van der Waals surface area contributed by atoms with Crippen LogP contribution in [0.5, 0.6) is 0 Å². The van der Waals surface area contributed by atoms with Crippen LogP contribution in [0.4, 0.5) is 0 Å². The van der Waals surface area contributed by atoms with Crippen LogP contribution in [0.2, 0.25) is 0 Å². The minimum atomic E-state index is -0.650. The smallest absolute Gasteiger partial charge is 0.220 e. The van der Waals surface area contributed by atoms with Crippen LogP contribution >= 0.6 is 0 Å². The number of carbonyl (C=O) groups excluding carboxylic acids is 1. The van der Waals surface area contributed by atoms with Gasteiger partial charge >= 0.3 is 0 Å². The van der Waals surface area contributed by atoms with Gasteiger partial charge in [-0.15, -0.1) is 0 Å². The van der Waals surface area contributed by atoms with Gasteiger partial charge < -0.3 is 15.5 Å². The van der Waals surface area contributed by atoms with Crippen molar-refractivity contribution in [3.63, 3.8) is 0 Å². The number of carbonyl (C=O) groups is 1. The largest absolute Gasteiger partial charge is 0.394 e. The molecule has 264 valence electrons. The molecule has 0 rings (SSSR count). The van der Waals surface area contributed by atoms with E-state index in [2.05, 4.69) is 19.2 Å². The molecule has 2 unspecified atom stereocenters. The fourth-order valence-corrected chi connectivity index (χ4v) is 6.48. The van der Waals surface area contributed by atoms with Crippen LogP contribution in [0.25, 0.3) is 0 Å². The van der Waals surface area contributed by atoms with Crippen LogP contribution in [0.1, 0.15) is 232 Å². The number of unbranched alkanes of at least 4 members (excludes halogenated alkanes) is 30. The van der Waals surface area contributed by atoms with Crippen molar-refractivity contribution in [1.29, 1.82) is 0 Å². The van der Waals surface area contributed by atoms with Crippen molar-refractivity contribution in [2.24, 2.45) is 0 Å². The molecule has 0 aliphatic heterocycles. The third-order valence-electron chi connectivity index (χ3n) is 9.62. The second-order valence-corrected chi connectivity index (χ2v) is 14.1. The molecule has 0 saturated heterocycles. The fraction of sp³-hybridized carbons (Fsp3) is 0.975. The molecule has 4 nitrogen and oxygen atoms in total. The van der Waals surface area contributed by atoms with Crippen LogP contribution in [-0.4, -0.2) is 34.9 Å². The Morgan fingerprint density at radius 2 is 0.727 bits per heavy atom. The Morgan fingerprint density at radius 1 is 0.455 bits per heavy atom. The fourth-order valence-electron chi connectivity index (χ4n) is 6.48. The second-order valence-electron chi connectivity index (χ2n) is 14.1. The van der Waals surface area contributed by atoms with E-state index in [0.29, 0.717) is 12.8 Å². The molecule has 1 amide bonds. The van der Waals surface area contributed by atoms with Gasteiger partial charge in [-0.1, -0.05) is 213 Å². The van der Waals surface area contributed by atoms with Crippen molar-refractivity contribution in [2.45, 2.75) is 244 Å². The maximum Gasteiger partial charge on any atom is 0.220 e. The first-order chi connectivity index (χ1) is 21.7. The summed E-state index contributed by atoms with van der Waals surface area (Å²) in [5.74, 6) is -0.0284. The third-order valence-corrected chi connectivity index (χ3v) is 9.62. The van der Waals surface area contributed by atoms with E-state index >= 15 is 0 Å². The average Bonchev–Trinajstić information content (AvgIpc) is 3.03. The molecule has 0 spiro atoms. The molecule has 3 N–H and O–H groups in total. The van der Waals surface area contributed by atoms with E-state index in [1.165, 1.54) is 180 Å². The Hall–Kier alpha value is -0.610. The van der Waals surface area contributed by atoms with E-state index in [4.69, 9.17) is 0 Å². The zero-order valence-electron chi connectivity index (χ0n) is 30.2. The van der Waals surface area contributed by atoms with Gasteiger partial charge in [0.05, 0.1) is 18.8 Å². The zero-order chi connectivity index (χ0) is 32.2. The van der Waals surface area contributed by atoms with Crippen molar-refractivity contribution >= 4 is 5.91 Å². The molecule has 0 bridgehead atoms. The minimum absolute atomic E-state index is 0.0284. The number of amides is 1. The quantitative estimate of drug-likeness (QED) is 0.0603. The number of hydrogen-bond donors (Lipinski definition) is 3. The summed E-state index contributed by atoms with van der Waals surface area (Å²) in [6.07, 6.45) is 43.2. The molecular weight excluding hydrogens is 542 g/mol. The van der Waals surface area contributed by atoms with Gasteiger partial charge in [-0.3, -0.25) is 4.79 Å². The normalized spacial score (nSPS) is 12.9. The number of aliphatic hydroxyl groups is 2. The molecule has 0 aromatic rings. The lowest BCUT2D eigenvalue weighted by Crippen LogP contribution is -2.45. The number of aliphatic hydroxyl groups excluding tert-OH is 2. The van der Waals surface area contributed by atoms with Gasteiger partial charge in [0.15, 0.2) is 0 Å². The van der Waals surface area contributed by atoms with Crippen LogP contribution in [0.3, 0.4) is 0 Å². The van der Waals surface area contributed by atoms with Crippen LogP contribution in [-0.2, 0) is 4.79 Å². The van der Waals surface area contributed by atoms with E-state index in [1.807, 2.05) is 0 Å². The van der Waals surface area contributed by atoms with E-state index in [0.717, 1.165) is 25.7 Å². The van der Waals surface area contributed by atoms with E-state index in [1.54, 1.807) is 0 Å². The first-order valence-electron chi connectivity index (χ1n) is 20.2. The molecule has 44 heavy (non-hydrogen) atoms. The summed E-state index contributed by atoms with van der Waals surface area (Å²) in [4.78, 5) is 12.3.